The molecule has 0 radical (unpaired) electrons. The smallest absolute Gasteiger partial charge is 0.293 e. The molecule has 0 aromatic heterocycles. The third kappa shape index (κ3) is 6.86. The van der Waals surface area contributed by atoms with Crippen molar-refractivity contribution >= 4 is 6.47 Å². The Bertz CT molecular complexity index is 160. The Morgan fingerprint density at radius 3 is 1.86 bits per heavy atom. The molecule has 0 spiro atoms. The van der Waals surface area contributed by atoms with Crippen LogP contribution in [0, 0.1) is 0 Å². The largest absolute Gasteiger partial charge is 0.462 e. The Kier molecular flexibility index (Phi) is 5.72. The maximum Gasteiger partial charge on any atom is 0.293 e. The van der Waals surface area contributed by atoms with Crippen LogP contribution < -0.4 is 5.32 Å². The van der Waals surface area contributed by atoms with Crippen LogP contribution in [0.4, 0.5) is 0 Å². The summed E-state index contributed by atoms with van der Waals surface area (Å²) < 4.78 is 4.55. The van der Waals surface area contributed by atoms with Gasteiger partial charge in [-0.3, -0.25) is 4.79 Å². The first-order chi connectivity index (χ1) is 6.37. The van der Waals surface area contributed by atoms with Crippen LogP contribution in [0.15, 0.2) is 0 Å². The van der Waals surface area contributed by atoms with Crippen molar-refractivity contribution in [1.29, 1.82) is 0 Å². The van der Waals surface area contributed by atoms with Crippen molar-refractivity contribution in [2.24, 2.45) is 0 Å². The van der Waals surface area contributed by atoms with Gasteiger partial charge in [-0.15, -0.1) is 0 Å². The van der Waals surface area contributed by atoms with Crippen LogP contribution in [-0.4, -0.2) is 50.2 Å². The monoisotopic (exact) mass is 202 g/mol. The molecule has 0 aromatic carbocycles. The zero-order chi connectivity index (χ0) is 11.2. The molecule has 0 bridgehead atoms. The van der Waals surface area contributed by atoms with E-state index >= 15 is 0 Å². The average molecular weight is 202 g/mol. The van der Waals surface area contributed by atoms with Crippen LogP contribution >= 0.6 is 0 Å². The highest BCUT2D eigenvalue weighted by Crippen LogP contribution is 2.02. The summed E-state index contributed by atoms with van der Waals surface area (Å²) in [6.45, 7) is 8.27. The summed E-state index contributed by atoms with van der Waals surface area (Å²) in [5, 5.41) is 3.20. The van der Waals surface area contributed by atoms with Crippen molar-refractivity contribution in [1.82, 2.24) is 10.2 Å². The highest BCUT2D eigenvalue weighted by atomic mass is 16.5. The zero-order valence-corrected chi connectivity index (χ0v) is 9.83. The first-order valence-corrected chi connectivity index (χ1v) is 4.85. The predicted octanol–water partition coefficient (Wildman–Crippen LogP) is 0.478. The number of carbonyl (C=O) groups excluding carboxylic acids is 1. The first-order valence-electron chi connectivity index (χ1n) is 4.85. The molecule has 0 aliphatic carbocycles. The van der Waals surface area contributed by atoms with Crippen molar-refractivity contribution in [3.05, 3.63) is 0 Å². The summed E-state index contributed by atoms with van der Waals surface area (Å²) >= 11 is 0. The molecule has 1 aliphatic heterocycles. The second-order valence-corrected chi connectivity index (χ2v) is 4.60. The maximum absolute atomic E-state index is 9.60. The van der Waals surface area contributed by atoms with Gasteiger partial charge in [0, 0.05) is 19.1 Å². The summed E-state index contributed by atoms with van der Waals surface area (Å²) in [7, 11) is 4.23. The maximum atomic E-state index is 9.60. The van der Waals surface area contributed by atoms with Crippen molar-refractivity contribution in [3.8, 4) is 0 Å². The lowest BCUT2D eigenvalue weighted by atomic mass is 10.2. The minimum Gasteiger partial charge on any atom is -0.462 e. The number of hydrogen-bond donors (Lipinski definition) is 1. The molecule has 1 N–H and O–H groups in total. The molecule has 1 aliphatic rings. The van der Waals surface area contributed by atoms with Crippen molar-refractivity contribution in [2.45, 2.75) is 32.4 Å². The fourth-order valence-corrected chi connectivity index (χ4v) is 0.783. The van der Waals surface area contributed by atoms with E-state index in [9.17, 15) is 4.79 Å². The summed E-state index contributed by atoms with van der Waals surface area (Å²) in [6.07, 6.45) is 0. The molecule has 4 nitrogen and oxygen atoms in total. The molecule has 0 atom stereocenters. The fourth-order valence-electron chi connectivity index (χ4n) is 0.783. The number of rotatable bonds is 2. The average Bonchev–Trinajstić information content (AvgIpc) is 1.78. The summed E-state index contributed by atoms with van der Waals surface area (Å²) in [5.41, 5.74) is -0.318. The van der Waals surface area contributed by atoms with Gasteiger partial charge in [0.25, 0.3) is 6.47 Å². The van der Waals surface area contributed by atoms with Crippen LogP contribution in [0.5, 0.6) is 0 Å². The molecular formula is C10H22N2O2. The molecule has 1 fully saturated rings. The Morgan fingerprint density at radius 2 is 1.86 bits per heavy atom. The Hall–Kier alpha value is -0.610. The SMILES string of the molecule is CC(C)(C)OC=O.CN(C)C1CNC1. The second kappa shape index (κ2) is 5.98. The van der Waals surface area contributed by atoms with Gasteiger partial charge >= 0.3 is 0 Å². The second-order valence-electron chi connectivity index (χ2n) is 4.60. The summed E-state index contributed by atoms with van der Waals surface area (Å²) in [4.78, 5) is 11.8. The molecular weight excluding hydrogens is 180 g/mol. The van der Waals surface area contributed by atoms with E-state index in [4.69, 9.17) is 0 Å². The zero-order valence-electron chi connectivity index (χ0n) is 9.83. The van der Waals surface area contributed by atoms with Crippen molar-refractivity contribution in [3.63, 3.8) is 0 Å². The third-order valence-electron chi connectivity index (χ3n) is 1.89. The molecule has 1 saturated heterocycles. The number of ether oxygens (including phenoxy) is 1. The van der Waals surface area contributed by atoms with Crippen molar-refractivity contribution < 1.29 is 9.53 Å². The highest BCUT2D eigenvalue weighted by molar-refractivity contribution is 5.37. The van der Waals surface area contributed by atoms with Gasteiger partial charge in [-0.25, -0.2) is 0 Å². The lowest BCUT2D eigenvalue weighted by Gasteiger charge is -2.32. The number of nitrogens with zero attached hydrogens (tertiary/aromatic N) is 1. The molecule has 0 saturated carbocycles. The van der Waals surface area contributed by atoms with Gasteiger partial charge in [0.05, 0.1) is 0 Å². The van der Waals surface area contributed by atoms with E-state index < -0.39 is 0 Å². The van der Waals surface area contributed by atoms with E-state index in [0.717, 1.165) is 6.04 Å². The van der Waals surface area contributed by atoms with Crippen LogP contribution in [0.25, 0.3) is 0 Å². The Morgan fingerprint density at radius 1 is 1.36 bits per heavy atom. The van der Waals surface area contributed by atoms with Crippen LogP contribution in [0.1, 0.15) is 20.8 Å². The topological polar surface area (TPSA) is 41.6 Å². The minimum atomic E-state index is -0.318. The number of hydrogen-bond acceptors (Lipinski definition) is 4. The van der Waals surface area contributed by atoms with Gasteiger partial charge in [-0.1, -0.05) is 0 Å². The molecule has 4 heteroatoms. The van der Waals surface area contributed by atoms with E-state index in [2.05, 4.69) is 29.0 Å². The van der Waals surface area contributed by atoms with Crippen LogP contribution in [-0.2, 0) is 9.53 Å². The fraction of sp³-hybridized carbons (Fsp3) is 0.900. The Balaban J connectivity index is 0.000000241. The predicted molar refractivity (Wildman–Crippen MR) is 57.2 cm³/mol. The molecule has 1 rings (SSSR count). The first kappa shape index (κ1) is 13.4. The van der Waals surface area contributed by atoms with Gasteiger partial charge in [-0.2, -0.15) is 0 Å². The Labute approximate surface area is 86.6 Å². The number of nitrogens with one attached hydrogen (secondary N) is 1. The van der Waals surface area contributed by atoms with E-state index in [0.29, 0.717) is 6.47 Å². The lowest BCUT2D eigenvalue weighted by molar-refractivity contribution is -0.138. The molecule has 0 amide bonds. The van der Waals surface area contributed by atoms with Gasteiger partial charge in [0.1, 0.15) is 5.60 Å². The summed E-state index contributed by atoms with van der Waals surface area (Å²) in [5.74, 6) is 0. The molecule has 1 heterocycles. The number of carbonyl (C=O) groups is 1. The minimum absolute atomic E-state index is 0.318. The van der Waals surface area contributed by atoms with E-state index in [1.807, 2.05) is 20.8 Å². The molecule has 84 valence electrons. The van der Waals surface area contributed by atoms with Crippen LogP contribution in [0.3, 0.4) is 0 Å². The third-order valence-corrected chi connectivity index (χ3v) is 1.89. The van der Waals surface area contributed by atoms with Crippen LogP contribution in [0.2, 0.25) is 0 Å². The van der Waals surface area contributed by atoms with Gasteiger partial charge in [0.15, 0.2) is 0 Å². The van der Waals surface area contributed by atoms with Gasteiger partial charge in [0.2, 0.25) is 0 Å². The molecule has 14 heavy (non-hydrogen) atoms. The lowest BCUT2D eigenvalue weighted by Crippen LogP contribution is -2.54. The van der Waals surface area contributed by atoms with Crippen molar-refractivity contribution in [2.75, 3.05) is 27.2 Å². The van der Waals surface area contributed by atoms with Gasteiger partial charge in [-0.05, 0) is 34.9 Å². The number of likely N-dealkylation sites (N-methyl/N-ethyl adjacent to an activating group) is 1. The normalized spacial score (nSPS) is 16.7. The van der Waals surface area contributed by atoms with Gasteiger partial charge < -0.3 is 15.0 Å². The van der Waals surface area contributed by atoms with E-state index in [1.54, 1.807) is 0 Å². The quantitative estimate of drug-likeness (QED) is 0.661. The summed E-state index contributed by atoms with van der Waals surface area (Å²) in [6, 6.07) is 0.806. The van der Waals surface area contributed by atoms with E-state index in [-0.39, 0.29) is 5.60 Å². The molecule has 0 unspecified atom stereocenters. The molecule has 0 aromatic rings. The van der Waals surface area contributed by atoms with E-state index in [1.165, 1.54) is 13.1 Å². The highest BCUT2D eigenvalue weighted by Gasteiger charge is 2.17. The standard InChI is InChI=1S/C5H12N2.C5H10O2/c1-7(2)5-3-6-4-5;1-5(2,3)7-4-6/h5-6H,3-4H2,1-2H3;4H,1-3H3.